The Balaban J connectivity index is 4.57. The zero-order chi connectivity index (χ0) is 13.4. The van der Waals surface area contributed by atoms with E-state index in [0.717, 1.165) is 0 Å². The molecule has 0 aliphatic rings. The summed E-state index contributed by atoms with van der Waals surface area (Å²) in [5, 5.41) is 17.6. The molecule has 1 atom stereocenters. The fourth-order valence-electron chi connectivity index (χ4n) is 1.09. The molecule has 0 aromatic carbocycles. The average molecular weight is 253 g/mol. The molecule has 0 saturated heterocycles. The molecule has 5 nitrogen and oxygen atoms in total. The highest BCUT2D eigenvalue weighted by atomic mass is 19.3. The summed E-state index contributed by atoms with van der Waals surface area (Å²) in [6.45, 7) is 3.35. The van der Waals surface area contributed by atoms with E-state index in [1.54, 1.807) is 13.8 Å². The summed E-state index contributed by atoms with van der Waals surface area (Å²) in [7, 11) is 0. The number of hydrogen-bond donors (Lipinski definition) is 2. The fourth-order valence-corrected chi connectivity index (χ4v) is 1.09. The SMILES string of the molecule is CCN(CC)C(=O)OC(C[C@@H](O)CO)=C(F)F. The van der Waals surface area contributed by atoms with Crippen molar-refractivity contribution in [3.63, 3.8) is 0 Å². The second kappa shape index (κ2) is 7.97. The second-order valence-corrected chi connectivity index (χ2v) is 3.26. The lowest BCUT2D eigenvalue weighted by molar-refractivity contribution is 0.0720. The second-order valence-electron chi connectivity index (χ2n) is 3.26. The quantitative estimate of drug-likeness (QED) is 0.700. The summed E-state index contributed by atoms with van der Waals surface area (Å²) >= 11 is 0. The molecule has 0 aliphatic carbocycles. The highest BCUT2D eigenvalue weighted by Crippen LogP contribution is 2.17. The van der Waals surface area contributed by atoms with Gasteiger partial charge in [0.25, 0.3) is 0 Å². The van der Waals surface area contributed by atoms with Gasteiger partial charge >= 0.3 is 12.2 Å². The predicted molar refractivity (Wildman–Crippen MR) is 56.4 cm³/mol. The first-order valence-corrected chi connectivity index (χ1v) is 5.26. The zero-order valence-electron chi connectivity index (χ0n) is 9.82. The van der Waals surface area contributed by atoms with Crippen molar-refractivity contribution in [3.8, 4) is 0 Å². The van der Waals surface area contributed by atoms with E-state index in [9.17, 15) is 13.6 Å². The molecule has 17 heavy (non-hydrogen) atoms. The Morgan fingerprint density at radius 3 is 2.24 bits per heavy atom. The van der Waals surface area contributed by atoms with Crippen molar-refractivity contribution < 1.29 is 28.5 Å². The van der Waals surface area contributed by atoms with Gasteiger partial charge in [-0.25, -0.2) is 4.79 Å². The van der Waals surface area contributed by atoms with Crippen LogP contribution in [0.2, 0.25) is 0 Å². The standard InChI is InChI=1S/C10H17F2NO4/c1-3-13(4-2)10(16)17-8(9(11)12)5-7(15)6-14/h7,14-15H,3-6H2,1-2H3/t7-/m1/s1. The van der Waals surface area contributed by atoms with E-state index in [1.165, 1.54) is 4.90 Å². The normalized spacial score (nSPS) is 11.9. The maximum absolute atomic E-state index is 12.4. The van der Waals surface area contributed by atoms with Gasteiger partial charge in [0.2, 0.25) is 0 Å². The van der Waals surface area contributed by atoms with Crippen molar-refractivity contribution in [2.75, 3.05) is 19.7 Å². The molecule has 0 aromatic heterocycles. The minimum atomic E-state index is -2.18. The van der Waals surface area contributed by atoms with Crippen LogP contribution in [0.1, 0.15) is 20.3 Å². The molecule has 0 aromatic rings. The number of ether oxygens (including phenoxy) is 1. The van der Waals surface area contributed by atoms with E-state index in [1.807, 2.05) is 0 Å². The lowest BCUT2D eigenvalue weighted by Crippen LogP contribution is -2.31. The van der Waals surface area contributed by atoms with E-state index >= 15 is 0 Å². The number of carbonyl (C=O) groups is 1. The molecule has 0 fully saturated rings. The number of halogens is 2. The zero-order valence-corrected chi connectivity index (χ0v) is 9.82. The number of carbonyl (C=O) groups excluding carboxylic acids is 1. The number of aliphatic hydroxyl groups excluding tert-OH is 2. The minimum absolute atomic E-state index is 0.332. The van der Waals surface area contributed by atoms with Crippen LogP contribution < -0.4 is 0 Å². The van der Waals surface area contributed by atoms with Gasteiger partial charge in [0.15, 0.2) is 5.76 Å². The van der Waals surface area contributed by atoms with Crippen molar-refractivity contribution in [1.29, 1.82) is 0 Å². The molecule has 0 spiro atoms. The molecule has 0 unspecified atom stereocenters. The first kappa shape index (κ1) is 15.8. The number of rotatable bonds is 6. The van der Waals surface area contributed by atoms with Crippen LogP contribution in [-0.2, 0) is 4.74 Å². The van der Waals surface area contributed by atoms with Crippen molar-refractivity contribution in [3.05, 3.63) is 11.8 Å². The van der Waals surface area contributed by atoms with Crippen molar-refractivity contribution >= 4 is 6.09 Å². The van der Waals surface area contributed by atoms with E-state index in [-0.39, 0.29) is 0 Å². The Labute approximate surface area is 98.3 Å². The van der Waals surface area contributed by atoms with Crippen LogP contribution in [0.5, 0.6) is 0 Å². The molecule has 0 saturated carbocycles. The summed E-state index contributed by atoms with van der Waals surface area (Å²) < 4.78 is 29.3. The van der Waals surface area contributed by atoms with Gasteiger partial charge in [0, 0.05) is 19.5 Å². The van der Waals surface area contributed by atoms with Gasteiger partial charge in [-0.15, -0.1) is 0 Å². The number of aliphatic hydroxyl groups is 2. The largest absolute Gasteiger partial charge is 0.415 e. The number of hydrogen-bond acceptors (Lipinski definition) is 4. The van der Waals surface area contributed by atoms with Crippen LogP contribution >= 0.6 is 0 Å². The smallest absolute Gasteiger partial charge is 0.409 e. The maximum atomic E-state index is 12.4. The molecule has 2 N–H and O–H groups in total. The Bertz CT molecular complexity index is 275. The highest BCUT2D eigenvalue weighted by molar-refractivity contribution is 5.68. The van der Waals surface area contributed by atoms with Gasteiger partial charge in [-0.3, -0.25) is 0 Å². The summed E-state index contributed by atoms with van der Waals surface area (Å²) in [6.07, 6.45) is -5.07. The molecule has 0 rings (SSSR count). The number of amides is 1. The van der Waals surface area contributed by atoms with Crippen LogP contribution in [-0.4, -0.2) is 47.0 Å². The Hall–Kier alpha value is -1.21. The monoisotopic (exact) mass is 253 g/mol. The molecule has 0 heterocycles. The number of nitrogens with zero attached hydrogens (tertiary/aromatic N) is 1. The Kier molecular flexibility index (Phi) is 7.40. The van der Waals surface area contributed by atoms with E-state index in [4.69, 9.17) is 10.2 Å². The summed E-state index contributed by atoms with van der Waals surface area (Å²) in [5.41, 5.74) is 0. The van der Waals surface area contributed by atoms with Crippen LogP contribution in [0.3, 0.4) is 0 Å². The van der Waals surface area contributed by atoms with E-state index < -0.39 is 37.1 Å². The Morgan fingerprint density at radius 1 is 1.35 bits per heavy atom. The molecule has 0 radical (unpaired) electrons. The maximum Gasteiger partial charge on any atom is 0.415 e. The summed E-state index contributed by atoms with van der Waals surface area (Å²) in [6, 6.07) is 0. The van der Waals surface area contributed by atoms with Gasteiger partial charge < -0.3 is 19.8 Å². The van der Waals surface area contributed by atoms with E-state index in [2.05, 4.69) is 4.74 Å². The van der Waals surface area contributed by atoms with Crippen LogP contribution in [0.15, 0.2) is 11.8 Å². The van der Waals surface area contributed by atoms with Gasteiger partial charge in [-0.05, 0) is 13.8 Å². The molecular formula is C10H17F2NO4. The fraction of sp³-hybridized carbons (Fsp3) is 0.700. The van der Waals surface area contributed by atoms with Crippen LogP contribution in [0.4, 0.5) is 13.6 Å². The van der Waals surface area contributed by atoms with Gasteiger partial charge in [0.1, 0.15) is 0 Å². The third-order valence-corrected chi connectivity index (χ3v) is 2.07. The molecule has 1 amide bonds. The lowest BCUT2D eigenvalue weighted by Gasteiger charge is -2.19. The molecule has 7 heteroatoms. The molecule has 100 valence electrons. The minimum Gasteiger partial charge on any atom is -0.409 e. The van der Waals surface area contributed by atoms with Crippen LogP contribution in [0.25, 0.3) is 0 Å². The summed E-state index contributed by atoms with van der Waals surface area (Å²) in [4.78, 5) is 12.6. The molecular weight excluding hydrogens is 236 g/mol. The average Bonchev–Trinajstić information content (AvgIpc) is 2.29. The van der Waals surface area contributed by atoms with Crippen molar-refractivity contribution in [1.82, 2.24) is 4.90 Å². The predicted octanol–water partition coefficient (Wildman–Crippen LogP) is 1.32. The van der Waals surface area contributed by atoms with Gasteiger partial charge in [-0.2, -0.15) is 8.78 Å². The topological polar surface area (TPSA) is 70.0 Å². The van der Waals surface area contributed by atoms with Gasteiger partial charge in [-0.1, -0.05) is 0 Å². The first-order valence-electron chi connectivity index (χ1n) is 5.26. The van der Waals surface area contributed by atoms with Gasteiger partial charge in [0.05, 0.1) is 12.7 Å². The summed E-state index contributed by atoms with van der Waals surface area (Å²) in [5.74, 6) is -0.913. The van der Waals surface area contributed by atoms with Crippen LogP contribution in [0, 0.1) is 0 Å². The van der Waals surface area contributed by atoms with E-state index in [0.29, 0.717) is 13.1 Å². The molecule has 0 aliphatic heterocycles. The first-order chi connectivity index (χ1) is 7.96. The third-order valence-electron chi connectivity index (χ3n) is 2.07. The van der Waals surface area contributed by atoms with Crippen molar-refractivity contribution in [2.24, 2.45) is 0 Å². The van der Waals surface area contributed by atoms with Crippen molar-refractivity contribution in [2.45, 2.75) is 26.4 Å². The lowest BCUT2D eigenvalue weighted by atomic mass is 10.2. The Morgan fingerprint density at radius 2 is 1.88 bits per heavy atom. The molecule has 0 bridgehead atoms. The highest BCUT2D eigenvalue weighted by Gasteiger charge is 2.20. The third kappa shape index (κ3) is 5.60.